The monoisotopic (exact) mass is 423 g/mol. The quantitative estimate of drug-likeness (QED) is 0.475. The number of alkyl halides is 3. The molecule has 0 radical (unpaired) electrons. The van der Waals surface area contributed by atoms with Gasteiger partial charge in [0.2, 0.25) is 5.91 Å². The average molecular weight is 424 g/mol. The van der Waals surface area contributed by atoms with Crippen molar-refractivity contribution in [3.05, 3.63) is 42.1 Å². The third-order valence-corrected chi connectivity index (χ3v) is 6.03. The van der Waals surface area contributed by atoms with Crippen LogP contribution in [0.3, 0.4) is 0 Å². The lowest BCUT2D eigenvalue weighted by molar-refractivity contribution is -0.141. The molecule has 2 heterocycles. The van der Waals surface area contributed by atoms with Crippen LogP contribution in [0.15, 0.2) is 41.6 Å². The molecule has 0 unspecified atom stereocenters. The van der Waals surface area contributed by atoms with E-state index in [1.165, 1.54) is 0 Å². The van der Waals surface area contributed by atoms with E-state index in [1.54, 1.807) is 37.3 Å². The summed E-state index contributed by atoms with van der Waals surface area (Å²) in [5, 5.41) is -0.598. The van der Waals surface area contributed by atoms with Gasteiger partial charge in [-0.3, -0.25) is 4.79 Å². The van der Waals surface area contributed by atoms with Crippen molar-refractivity contribution < 1.29 is 18.0 Å². The number of benzene rings is 1. The largest absolute Gasteiger partial charge is 0.433 e. The average Bonchev–Trinajstić information content (AvgIpc) is 2.73. The Kier molecular flexibility index (Phi) is 6.82. The van der Waals surface area contributed by atoms with Crippen LogP contribution in [0.2, 0.25) is 0 Å². The number of thioether (sulfide) groups is 1. The Hall–Kier alpha value is -2.09. The number of nitrogens with zero attached hydrogens (tertiary/aromatic N) is 3. The first-order valence-electron chi connectivity index (χ1n) is 9.78. The second kappa shape index (κ2) is 9.15. The first kappa shape index (κ1) is 21.6. The zero-order valence-corrected chi connectivity index (χ0v) is 17.3. The van der Waals surface area contributed by atoms with Crippen molar-refractivity contribution in [2.45, 2.75) is 62.2 Å². The number of aromatic nitrogens is 2. The second-order valence-corrected chi connectivity index (χ2v) is 8.44. The molecule has 1 aromatic carbocycles. The molecule has 1 amide bonds. The molecule has 0 bridgehead atoms. The van der Waals surface area contributed by atoms with E-state index in [-0.39, 0.29) is 22.8 Å². The van der Waals surface area contributed by atoms with Crippen LogP contribution in [0.1, 0.15) is 45.2 Å². The highest BCUT2D eigenvalue weighted by atomic mass is 32.2. The third-order valence-electron chi connectivity index (χ3n) is 5.08. The number of rotatable bonds is 5. The van der Waals surface area contributed by atoms with E-state index in [1.807, 2.05) is 4.90 Å². The van der Waals surface area contributed by atoms with Crippen molar-refractivity contribution in [2.75, 3.05) is 6.54 Å². The number of hydrogen-bond acceptors (Lipinski definition) is 4. The van der Waals surface area contributed by atoms with Crippen LogP contribution in [0.4, 0.5) is 13.2 Å². The van der Waals surface area contributed by atoms with E-state index in [2.05, 4.69) is 16.9 Å². The summed E-state index contributed by atoms with van der Waals surface area (Å²) in [5.41, 5.74) is -0.235. The van der Waals surface area contributed by atoms with Crippen molar-refractivity contribution in [2.24, 2.45) is 0 Å². The highest BCUT2D eigenvalue weighted by Gasteiger charge is 2.35. The molecule has 29 heavy (non-hydrogen) atoms. The molecule has 156 valence electrons. The van der Waals surface area contributed by atoms with Crippen LogP contribution < -0.4 is 0 Å². The molecule has 1 aliphatic rings. The number of carbonyl (C=O) groups excluding carboxylic acids is 1. The molecule has 3 rings (SSSR count). The molecule has 1 saturated heterocycles. The molecule has 1 fully saturated rings. The van der Waals surface area contributed by atoms with Crippen molar-refractivity contribution >= 4 is 17.7 Å². The molecule has 2 atom stereocenters. The Morgan fingerprint density at radius 1 is 1.24 bits per heavy atom. The number of hydrogen-bond donors (Lipinski definition) is 0. The summed E-state index contributed by atoms with van der Waals surface area (Å²) in [6.07, 6.45) is -0.687. The zero-order chi connectivity index (χ0) is 21.0. The molecule has 1 aliphatic heterocycles. The predicted molar refractivity (Wildman–Crippen MR) is 107 cm³/mol. The summed E-state index contributed by atoms with van der Waals surface area (Å²) in [7, 11) is 0. The lowest BCUT2D eigenvalue weighted by Crippen LogP contribution is -2.46. The number of likely N-dealkylation sites (tertiary alicyclic amines) is 1. The van der Waals surface area contributed by atoms with Gasteiger partial charge in [0.05, 0.1) is 10.9 Å². The molecule has 0 spiro atoms. The maximum absolute atomic E-state index is 13.4. The second-order valence-electron chi connectivity index (χ2n) is 7.13. The van der Waals surface area contributed by atoms with Gasteiger partial charge < -0.3 is 4.90 Å². The summed E-state index contributed by atoms with van der Waals surface area (Å²) >= 11 is 0.984. The molecule has 8 heteroatoms. The van der Waals surface area contributed by atoms with E-state index in [0.29, 0.717) is 12.1 Å². The van der Waals surface area contributed by atoms with Gasteiger partial charge in [-0.2, -0.15) is 13.2 Å². The topological polar surface area (TPSA) is 46.1 Å². The van der Waals surface area contributed by atoms with Gasteiger partial charge in [-0.15, -0.1) is 0 Å². The van der Waals surface area contributed by atoms with Crippen LogP contribution in [0, 0.1) is 0 Å². The number of amides is 1. The Balaban J connectivity index is 1.86. The van der Waals surface area contributed by atoms with Crippen LogP contribution in [-0.2, 0) is 11.0 Å². The minimum Gasteiger partial charge on any atom is -0.339 e. The Morgan fingerprint density at radius 2 is 1.97 bits per heavy atom. The zero-order valence-electron chi connectivity index (χ0n) is 16.4. The summed E-state index contributed by atoms with van der Waals surface area (Å²) in [4.78, 5) is 22.8. The standard InChI is InChI=1S/C21H24F3N3OS/c1-3-16-11-7-8-12-27(16)19(28)14(2)29-20-25-17(15-9-5-4-6-10-15)13-18(26-20)21(22,23)24/h4-6,9-10,13-14,16H,3,7-8,11-12H2,1-2H3/t14-,16+/m1/s1. The summed E-state index contributed by atoms with van der Waals surface area (Å²) in [6.45, 7) is 4.46. The molecular weight excluding hydrogens is 399 g/mol. The SMILES string of the molecule is CC[C@H]1CCCCN1C(=O)[C@@H](C)Sc1nc(-c2ccccc2)cc(C(F)(F)F)n1. The van der Waals surface area contributed by atoms with E-state index in [9.17, 15) is 18.0 Å². The van der Waals surface area contributed by atoms with Crippen molar-refractivity contribution in [3.63, 3.8) is 0 Å². The van der Waals surface area contributed by atoms with Gasteiger partial charge in [-0.05, 0) is 38.7 Å². The summed E-state index contributed by atoms with van der Waals surface area (Å²) in [5.74, 6) is -0.0659. The van der Waals surface area contributed by atoms with E-state index in [0.717, 1.165) is 43.5 Å². The van der Waals surface area contributed by atoms with Gasteiger partial charge in [0, 0.05) is 18.2 Å². The fourth-order valence-corrected chi connectivity index (χ4v) is 4.39. The van der Waals surface area contributed by atoms with Crippen molar-refractivity contribution in [1.82, 2.24) is 14.9 Å². The fourth-order valence-electron chi connectivity index (χ4n) is 3.54. The lowest BCUT2D eigenvalue weighted by Gasteiger charge is -2.36. The normalized spacial score (nSPS) is 18.5. The number of halogens is 3. The number of carbonyl (C=O) groups is 1. The molecule has 2 aromatic rings. The van der Waals surface area contributed by atoms with Gasteiger partial charge in [0.25, 0.3) is 0 Å². The summed E-state index contributed by atoms with van der Waals surface area (Å²) < 4.78 is 40.1. The minimum absolute atomic E-state index is 0.0374. The maximum Gasteiger partial charge on any atom is 0.433 e. The molecule has 0 N–H and O–H groups in total. The molecular formula is C21H24F3N3OS. The fraction of sp³-hybridized carbons (Fsp3) is 0.476. The van der Waals surface area contributed by atoms with Crippen LogP contribution in [0.25, 0.3) is 11.3 Å². The van der Waals surface area contributed by atoms with Gasteiger partial charge in [0.1, 0.15) is 5.69 Å². The van der Waals surface area contributed by atoms with Gasteiger partial charge in [0.15, 0.2) is 5.16 Å². The first-order chi connectivity index (χ1) is 13.8. The van der Waals surface area contributed by atoms with E-state index in [4.69, 9.17) is 0 Å². The van der Waals surface area contributed by atoms with Crippen LogP contribution >= 0.6 is 11.8 Å². The smallest absolute Gasteiger partial charge is 0.339 e. The van der Waals surface area contributed by atoms with Crippen LogP contribution in [-0.4, -0.2) is 38.6 Å². The van der Waals surface area contributed by atoms with Crippen LogP contribution in [0.5, 0.6) is 0 Å². The highest BCUT2D eigenvalue weighted by Crippen LogP contribution is 2.33. The third kappa shape index (κ3) is 5.29. The van der Waals surface area contributed by atoms with Gasteiger partial charge >= 0.3 is 6.18 Å². The molecule has 0 saturated carbocycles. The Bertz CT molecular complexity index is 845. The minimum atomic E-state index is -4.59. The predicted octanol–water partition coefficient (Wildman–Crippen LogP) is 5.43. The first-order valence-corrected chi connectivity index (χ1v) is 10.7. The van der Waals surface area contributed by atoms with Gasteiger partial charge in [-0.1, -0.05) is 49.0 Å². The molecule has 1 aromatic heterocycles. The Morgan fingerprint density at radius 3 is 2.62 bits per heavy atom. The summed E-state index contributed by atoms with van der Waals surface area (Å²) in [6, 6.07) is 9.81. The van der Waals surface area contributed by atoms with Crippen molar-refractivity contribution in [1.29, 1.82) is 0 Å². The number of piperidine rings is 1. The Labute approximate surface area is 172 Å². The molecule has 4 nitrogen and oxygen atoms in total. The van der Waals surface area contributed by atoms with E-state index >= 15 is 0 Å². The highest BCUT2D eigenvalue weighted by molar-refractivity contribution is 8.00. The van der Waals surface area contributed by atoms with Gasteiger partial charge in [-0.25, -0.2) is 9.97 Å². The lowest BCUT2D eigenvalue weighted by atomic mass is 10.00. The maximum atomic E-state index is 13.4. The molecule has 0 aliphatic carbocycles. The van der Waals surface area contributed by atoms with E-state index < -0.39 is 17.1 Å². The van der Waals surface area contributed by atoms with Crippen molar-refractivity contribution in [3.8, 4) is 11.3 Å².